The smallest absolute Gasteiger partial charge is 0.257 e. The fourth-order valence-corrected chi connectivity index (χ4v) is 4.51. The Morgan fingerprint density at radius 2 is 1.82 bits per heavy atom. The van der Waals surface area contributed by atoms with Crippen LogP contribution in [0.4, 0.5) is 5.82 Å². The van der Waals surface area contributed by atoms with Crippen molar-refractivity contribution in [3.8, 4) is 23.1 Å². The van der Waals surface area contributed by atoms with E-state index in [1.165, 1.54) is 0 Å². The molecule has 0 aliphatic rings. The SMILES string of the molecule is C[C@H](NC(=O)c1c(N)nn2ccccc12)c1nc2cccc(C#Cc3cnn(C)c3)c2nc1-c1ccccc1. The van der Waals surface area contributed by atoms with E-state index in [2.05, 4.69) is 27.4 Å². The summed E-state index contributed by atoms with van der Waals surface area (Å²) < 4.78 is 3.30. The van der Waals surface area contributed by atoms with Crippen LogP contribution in [0, 0.1) is 11.8 Å². The maximum Gasteiger partial charge on any atom is 0.257 e. The van der Waals surface area contributed by atoms with E-state index in [0.717, 1.165) is 16.7 Å². The summed E-state index contributed by atoms with van der Waals surface area (Å²) in [6.07, 6.45) is 5.33. The topological polar surface area (TPSA) is 116 Å². The fraction of sp³-hybridized carbons (Fsp3) is 0.100. The van der Waals surface area contributed by atoms with Crippen molar-refractivity contribution in [1.82, 2.24) is 34.7 Å². The molecule has 1 amide bonds. The van der Waals surface area contributed by atoms with Crippen molar-refractivity contribution in [3.05, 3.63) is 108 Å². The number of fused-ring (bicyclic) bond motifs is 2. The van der Waals surface area contributed by atoms with Crippen molar-refractivity contribution in [3.63, 3.8) is 0 Å². The van der Waals surface area contributed by atoms with E-state index in [1.54, 1.807) is 21.6 Å². The second-order valence-electron chi connectivity index (χ2n) is 9.14. The number of hydrogen-bond acceptors (Lipinski definition) is 6. The number of nitrogens with two attached hydrogens (primary N) is 1. The molecule has 0 unspecified atom stereocenters. The van der Waals surface area contributed by atoms with Crippen LogP contribution >= 0.6 is 0 Å². The molecule has 0 fully saturated rings. The molecule has 0 spiro atoms. The normalized spacial score (nSPS) is 11.7. The Morgan fingerprint density at radius 3 is 2.62 bits per heavy atom. The minimum absolute atomic E-state index is 0.163. The number of aromatic nitrogens is 6. The van der Waals surface area contributed by atoms with Crippen LogP contribution in [0.15, 0.2) is 85.3 Å². The van der Waals surface area contributed by atoms with Crippen LogP contribution in [0.5, 0.6) is 0 Å². The summed E-state index contributed by atoms with van der Waals surface area (Å²) in [4.78, 5) is 23.4. The highest BCUT2D eigenvalue weighted by molar-refractivity contribution is 6.05. The molecule has 0 saturated carbocycles. The number of carbonyl (C=O) groups is 1. The second-order valence-corrected chi connectivity index (χ2v) is 9.14. The number of pyridine rings is 1. The minimum atomic E-state index is -0.479. The van der Waals surface area contributed by atoms with Crippen LogP contribution in [-0.2, 0) is 7.05 Å². The first-order chi connectivity index (χ1) is 19.0. The molecule has 9 nitrogen and oxygen atoms in total. The monoisotopic (exact) mass is 512 g/mol. The standard InChI is InChI=1S/C30H24N8O/c1-19(33-30(39)25-24-13-6-7-16-38(24)36-29(25)31)26-28(21-9-4-3-5-10-21)35-27-22(11-8-12-23(27)34-26)15-14-20-17-32-37(2)18-20/h3-13,16-19H,1-2H3,(H2,31,36)(H,33,39)/t19-/m0/s1. The van der Waals surface area contributed by atoms with Crippen LogP contribution in [0.2, 0.25) is 0 Å². The second kappa shape index (κ2) is 9.76. The Hall–Kier alpha value is -5.49. The minimum Gasteiger partial charge on any atom is -0.382 e. The first-order valence-electron chi connectivity index (χ1n) is 12.4. The van der Waals surface area contributed by atoms with Gasteiger partial charge in [-0.05, 0) is 31.2 Å². The number of aryl methyl sites for hydroxylation is 1. The molecule has 0 saturated heterocycles. The third-order valence-electron chi connectivity index (χ3n) is 6.37. The number of nitrogens with one attached hydrogen (secondary N) is 1. The number of benzene rings is 2. The van der Waals surface area contributed by atoms with Crippen LogP contribution in [0.1, 0.15) is 40.1 Å². The maximum absolute atomic E-state index is 13.4. The van der Waals surface area contributed by atoms with E-state index in [1.807, 2.05) is 86.9 Å². The van der Waals surface area contributed by atoms with Gasteiger partial charge in [0.1, 0.15) is 11.1 Å². The van der Waals surface area contributed by atoms with Gasteiger partial charge in [0, 0.05) is 25.0 Å². The third kappa shape index (κ3) is 4.55. The van der Waals surface area contributed by atoms with E-state index in [-0.39, 0.29) is 11.7 Å². The Morgan fingerprint density at radius 1 is 1.00 bits per heavy atom. The number of nitrogen functional groups attached to an aromatic ring is 1. The van der Waals surface area contributed by atoms with Crippen molar-refractivity contribution in [2.45, 2.75) is 13.0 Å². The molecule has 1 atom stereocenters. The predicted octanol–water partition coefficient (Wildman–Crippen LogP) is 4.15. The first kappa shape index (κ1) is 23.9. The van der Waals surface area contributed by atoms with Crippen molar-refractivity contribution >= 4 is 28.3 Å². The number of carbonyl (C=O) groups excluding carboxylic acids is 1. The third-order valence-corrected chi connectivity index (χ3v) is 6.37. The molecular formula is C30H24N8O. The first-order valence-corrected chi connectivity index (χ1v) is 12.4. The summed E-state index contributed by atoms with van der Waals surface area (Å²) in [6.45, 7) is 1.88. The molecule has 190 valence electrons. The molecule has 3 N–H and O–H groups in total. The van der Waals surface area contributed by atoms with Crippen molar-refractivity contribution in [1.29, 1.82) is 0 Å². The lowest BCUT2D eigenvalue weighted by molar-refractivity contribution is 0.0941. The van der Waals surface area contributed by atoms with Gasteiger partial charge in [0.05, 0.1) is 45.8 Å². The number of anilines is 1. The molecule has 0 radical (unpaired) electrons. The average molecular weight is 513 g/mol. The summed E-state index contributed by atoms with van der Waals surface area (Å²) in [5.41, 5.74) is 12.2. The highest BCUT2D eigenvalue weighted by Gasteiger charge is 2.23. The van der Waals surface area contributed by atoms with Crippen molar-refractivity contribution in [2.75, 3.05) is 5.73 Å². The summed E-state index contributed by atoms with van der Waals surface area (Å²) in [5.74, 6) is 6.20. The zero-order valence-corrected chi connectivity index (χ0v) is 21.3. The lowest BCUT2D eigenvalue weighted by Gasteiger charge is -2.18. The molecule has 4 aromatic heterocycles. The summed E-state index contributed by atoms with van der Waals surface area (Å²) in [7, 11) is 1.85. The quantitative estimate of drug-likeness (QED) is 0.343. The van der Waals surface area contributed by atoms with Gasteiger partial charge in [0.2, 0.25) is 0 Å². The molecule has 0 aliphatic heterocycles. The largest absolute Gasteiger partial charge is 0.382 e. The molecule has 2 aromatic carbocycles. The predicted molar refractivity (Wildman–Crippen MR) is 150 cm³/mol. The molecule has 39 heavy (non-hydrogen) atoms. The number of rotatable bonds is 4. The summed E-state index contributed by atoms with van der Waals surface area (Å²) in [5, 5.41) is 11.5. The zero-order valence-electron chi connectivity index (χ0n) is 21.3. The molecule has 0 aliphatic carbocycles. The van der Waals surface area contributed by atoms with Crippen LogP contribution < -0.4 is 11.1 Å². The van der Waals surface area contributed by atoms with E-state index < -0.39 is 6.04 Å². The van der Waals surface area contributed by atoms with Gasteiger partial charge in [-0.2, -0.15) is 5.10 Å². The van der Waals surface area contributed by atoms with Gasteiger partial charge in [-0.25, -0.2) is 14.5 Å². The highest BCUT2D eigenvalue weighted by atomic mass is 16.1. The van der Waals surface area contributed by atoms with E-state index >= 15 is 0 Å². The van der Waals surface area contributed by atoms with E-state index in [4.69, 9.17) is 15.7 Å². The maximum atomic E-state index is 13.4. The number of para-hydroxylation sites is 1. The summed E-state index contributed by atoms with van der Waals surface area (Å²) in [6, 6.07) is 20.5. The van der Waals surface area contributed by atoms with Gasteiger partial charge >= 0.3 is 0 Å². The highest BCUT2D eigenvalue weighted by Crippen LogP contribution is 2.29. The Balaban J connectivity index is 1.43. The van der Waals surface area contributed by atoms with Crippen molar-refractivity contribution in [2.24, 2.45) is 7.05 Å². The number of hydrogen-bond donors (Lipinski definition) is 2. The molecule has 0 bridgehead atoms. The summed E-state index contributed by atoms with van der Waals surface area (Å²) >= 11 is 0. The van der Waals surface area contributed by atoms with Gasteiger partial charge in [-0.3, -0.25) is 9.48 Å². The van der Waals surface area contributed by atoms with E-state index in [9.17, 15) is 4.79 Å². The average Bonchev–Trinajstić information content (AvgIpc) is 3.52. The Kier molecular flexibility index (Phi) is 5.98. The zero-order chi connectivity index (χ0) is 26.9. The lowest BCUT2D eigenvalue weighted by atomic mass is 10.0. The van der Waals surface area contributed by atoms with E-state index in [0.29, 0.717) is 33.5 Å². The number of nitrogens with zero attached hydrogens (tertiary/aromatic N) is 6. The van der Waals surface area contributed by atoms with Gasteiger partial charge in [0.15, 0.2) is 5.82 Å². The van der Waals surface area contributed by atoms with Gasteiger partial charge in [0.25, 0.3) is 5.91 Å². The molecule has 9 heteroatoms. The Labute approximate surface area is 224 Å². The lowest BCUT2D eigenvalue weighted by Crippen LogP contribution is -2.28. The fourth-order valence-electron chi connectivity index (χ4n) is 4.51. The van der Waals surface area contributed by atoms with Crippen LogP contribution in [0.25, 0.3) is 27.8 Å². The molecule has 4 heterocycles. The van der Waals surface area contributed by atoms with Gasteiger partial charge in [-0.1, -0.05) is 54.3 Å². The molecular weight excluding hydrogens is 488 g/mol. The molecule has 6 rings (SSSR count). The van der Waals surface area contributed by atoms with Crippen LogP contribution in [-0.4, -0.2) is 35.3 Å². The van der Waals surface area contributed by atoms with Gasteiger partial charge < -0.3 is 11.1 Å². The van der Waals surface area contributed by atoms with Crippen LogP contribution in [0.3, 0.4) is 0 Å². The molecule has 6 aromatic rings. The van der Waals surface area contributed by atoms with Crippen molar-refractivity contribution < 1.29 is 4.79 Å². The van der Waals surface area contributed by atoms with Gasteiger partial charge in [-0.15, -0.1) is 5.10 Å². The Bertz CT molecular complexity index is 1910. The number of amides is 1.